The summed E-state index contributed by atoms with van der Waals surface area (Å²) in [6.07, 6.45) is 2.01. The zero-order valence-electron chi connectivity index (χ0n) is 15.5. The lowest BCUT2D eigenvalue weighted by Crippen LogP contribution is -2.06. The molecule has 0 radical (unpaired) electrons. The van der Waals surface area contributed by atoms with Crippen molar-refractivity contribution in [2.75, 3.05) is 13.4 Å². The molecule has 4 rings (SSSR count). The molecule has 2 aromatic carbocycles. The van der Waals surface area contributed by atoms with Crippen molar-refractivity contribution in [3.8, 4) is 28.4 Å². The number of fused-ring (bicyclic) bond motifs is 2. The van der Waals surface area contributed by atoms with Gasteiger partial charge in [-0.3, -0.25) is 0 Å². The fourth-order valence-electron chi connectivity index (χ4n) is 3.11. The first-order chi connectivity index (χ1) is 13.0. The summed E-state index contributed by atoms with van der Waals surface area (Å²) in [5, 5.41) is 0.844. The molecule has 0 aliphatic carbocycles. The van der Waals surface area contributed by atoms with E-state index < -0.39 is 0 Å². The Morgan fingerprint density at radius 3 is 2.74 bits per heavy atom. The van der Waals surface area contributed by atoms with E-state index in [2.05, 4.69) is 0 Å². The van der Waals surface area contributed by atoms with Gasteiger partial charge in [0, 0.05) is 5.39 Å². The van der Waals surface area contributed by atoms with Gasteiger partial charge in [-0.1, -0.05) is 11.6 Å². The van der Waals surface area contributed by atoms with E-state index in [1.165, 1.54) is 5.57 Å². The Kier molecular flexibility index (Phi) is 4.36. The van der Waals surface area contributed by atoms with E-state index in [-0.39, 0.29) is 12.4 Å². The maximum Gasteiger partial charge on any atom is 0.344 e. The van der Waals surface area contributed by atoms with Crippen LogP contribution in [0, 0.1) is 6.92 Å². The number of ether oxygens (including phenoxy) is 3. The van der Waals surface area contributed by atoms with Gasteiger partial charge in [0.2, 0.25) is 6.79 Å². The molecule has 0 unspecified atom stereocenters. The van der Waals surface area contributed by atoms with Gasteiger partial charge in [0.1, 0.15) is 17.9 Å². The average Bonchev–Trinajstić information content (AvgIpc) is 3.10. The summed E-state index contributed by atoms with van der Waals surface area (Å²) >= 11 is 0. The highest BCUT2D eigenvalue weighted by Crippen LogP contribution is 2.37. The van der Waals surface area contributed by atoms with E-state index >= 15 is 0 Å². The minimum atomic E-state index is -0.378. The fraction of sp³-hybridized carbons (Fsp3) is 0.227. The number of hydrogen-bond acceptors (Lipinski definition) is 5. The topological polar surface area (TPSA) is 57.9 Å². The summed E-state index contributed by atoms with van der Waals surface area (Å²) in [5.74, 6) is 2.04. The van der Waals surface area contributed by atoms with Gasteiger partial charge in [0.25, 0.3) is 0 Å². The van der Waals surface area contributed by atoms with Crippen LogP contribution in [0.15, 0.2) is 57.3 Å². The molecule has 0 bridgehead atoms. The standard InChI is InChI=1S/C22H20O5/c1-13(2)8-9-24-16-5-7-18-17(11-16)14(3)21(22(23)27-18)15-4-6-19-20(10-15)26-12-25-19/h4-8,10-11H,9,12H2,1-3H3. The van der Waals surface area contributed by atoms with Crippen molar-refractivity contribution in [2.45, 2.75) is 20.8 Å². The van der Waals surface area contributed by atoms with Crippen molar-refractivity contribution in [3.63, 3.8) is 0 Å². The minimum absolute atomic E-state index is 0.191. The van der Waals surface area contributed by atoms with Crippen LogP contribution < -0.4 is 19.8 Å². The maximum atomic E-state index is 12.6. The van der Waals surface area contributed by atoms with Crippen LogP contribution in [-0.2, 0) is 0 Å². The van der Waals surface area contributed by atoms with Gasteiger partial charge in [-0.05, 0) is 68.3 Å². The second-order valence-electron chi connectivity index (χ2n) is 6.71. The zero-order chi connectivity index (χ0) is 19.0. The van der Waals surface area contributed by atoms with Crippen molar-refractivity contribution in [2.24, 2.45) is 0 Å². The molecule has 1 aromatic heterocycles. The van der Waals surface area contributed by atoms with Crippen molar-refractivity contribution >= 4 is 11.0 Å². The van der Waals surface area contributed by atoms with Gasteiger partial charge in [-0.25, -0.2) is 4.79 Å². The Morgan fingerprint density at radius 1 is 1.11 bits per heavy atom. The largest absolute Gasteiger partial charge is 0.490 e. The lowest BCUT2D eigenvalue weighted by Gasteiger charge is -2.10. The molecule has 5 heteroatoms. The first kappa shape index (κ1) is 17.2. The summed E-state index contributed by atoms with van der Waals surface area (Å²) < 4.78 is 22.1. The number of benzene rings is 2. The Labute approximate surface area is 156 Å². The molecule has 1 aliphatic rings. The third-order valence-electron chi connectivity index (χ3n) is 4.54. The van der Waals surface area contributed by atoms with E-state index in [1.807, 2.05) is 51.1 Å². The van der Waals surface area contributed by atoms with Gasteiger partial charge in [0.05, 0.1) is 5.56 Å². The summed E-state index contributed by atoms with van der Waals surface area (Å²) in [7, 11) is 0. The molecule has 0 saturated heterocycles. The number of allylic oxidation sites excluding steroid dienone is 1. The van der Waals surface area contributed by atoms with Gasteiger partial charge < -0.3 is 18.6 Å². The van der Waals surface area contributed by atoms with Crippen LogP contribution in [0.1, 0.15) is 19.4 Å². The van der Waals surface area contributed by atoms with Crippen molar-refractivity contribution < 1.29 is 18.6 Å². The molecular weight excluding hydrogens is 344 g/mol. The van der Waals surface area contributed by atoms with Gasteiger partial charge >= 0.3 is 5.63 Å². The summed E-state index contributed by atoms with van der Waals surface area (Å²) in [5.41, 5.74) is 3.45. The highest BCUT2D eigenvalue weighted by Gasteiger charge is 2.18. The van der Waals surface area contributed by atoms with E-state index in [0.717, 1.165) is 22.3 Å². The third kappa shape index (κ3) is 3.28. The molecule has 2 heterocycles. The van der Waals surface area contributed by atoms with Crippen LogP contribution in [0.3, 0.4) is 0 Å². The normalized spacial score (nSPS) is 12.3. The Hall–Kier alpha value is -3.21. The summed E-state index contributed by atoms with van der Waals surface area (Å²) in [4.78, 5) is 12.6. The molecule has 0 N–H and O–H groups in total. The van der Waals surface area contributed by atoms with E-state index in [0.29, 0.717) is 29.3 Å². The highest BCUT2D eigenvalue weighted by atomic mass is 16.7. The predicted octanol–water partition coefficient (Wildman–Crippen LogP) is 4.84. The van der Waals surface area contributed by atoms with E-state index in [4.69, 9.17) is 18.6 Å². The predicted molar refractivity (Wildman–Crippen MR) is 104 cm³/mol. The third-order valence-corrected chi connectivity index (χ3v) is 4.54. The molecule has 0 amide bonds. The first-order valence-electron chi connectivity index (χ1n) is 8.76. The molecule has 0 spiro atoms. The first-order valence-corrected chi connectivity index (χ1v) is 8.76. The van der Waals surface area contributed by atoms with Crippen LogP contribution >= 0.6 is 0 Å². The summed E-state index contributed by atoms with van der Waals surface area (Å²) in [6.45, 7) is 6.66. The number of aryl methyl sites for hydroxylation is 1. The average molecular weight is 364 g/mol. The molecule has 0 fully saturated rings. The Morgan fingerprint density at radius 2 is 1.93 bits per heavy atom. The zero-order valence-corrected chi connectivity index (χ0v) is 15.5. The molecule has 0 saturated carbocycles. The lowest BCUT2D eigenvalue weighted by molar-refractivity contribution is 0.174. The van der Waals surface area contributed by atoms with Crippen LogP contribution in [0.4, 0.5) is 0 Å². The minimum Gasteiger partial charge on any atom is -0.490 e. The molecular formula is C22H20O5. The Balaban J connectivity index is 1.79. The molecule has 3 aromatic rings. The second-order valence-corrected chi connectivity index (χ2v) is 6.71. The van der Waals surface area contributed by atoms with Gasteiger partial charge in [0.15, 0.2) is 11.5 Å². The smallest absolute Gasteiger partial charge is 0.344 e. The molecule has 1 aliphatic heterocycles. The Bertz CT molecular complexity index is 1100. The maximum absolute atomic E-state index is 12.6. The molecule has 0 atom stereocenters. The monoisotopic (exact) mass is 364 g/mol. The molecule has 138 valence electrons. The second kappa shape index (κ2) is 6.83. The highest BCUT2D eigenvalue weighted by molar-refractivity contribution is 5.88. The number of rotatable bonds is 4. The van der Waals surface area contributed by atoms with Crippen LogP contribution in [0.2, 0.25) is 0 Å². The van der Waals surface area contributed by atoms with Crippen molar-refractivity contribution in [3.05, 3.63) is 64.0 Å². The fourth-order valence-corrected chi connectivity index (χ4v) is 3.11. The number of hydrogen-bond donors (Lipinski definition) is 0. The summed E-state index contributed by atoms with van der Waals surface area (Å²) in [6, 6.07) is 10.9. The molecule has 5 nitrogen and oxygen atoms in total. The van der Waals surface area contributed by atoms with E-state index in [9.17, 15) is 4.79 Å². The van der Waals surface area contributed by atoms with Crippen LogP contribution in [-0.4, -0.2) is 13.4 Å². The van der Waals surface area contributed by atoms with E-state index in [1.54, 1.807) is 12.1 Å². The lowest BCUT2D eigenvalue weighted by atomic mass is 9.99. The van der Waals surface area contributed by atoms with Crippen LogP contribution in [0.5, 0.6) is 17.2 Å². The van der Waals surface area contributed by atoms with Gasteiger partial charge in [-0.15, -0.1) is 0 Å². The quantitative estimate of drug-likeness (QED) is 0.490. The SMILES string of the molecule is CC(C)=CCOc1ccc2oc(=O)c(-c3ccc4c(c3)OCO4)c(C)c2c1. The molecule has 27 heavy (non-hydrogen) atoms. The van der Waals surface area contributed by atoms with Crippen molar-refractivity contribution in [1.82, 2.24) is 0 Å². The van der Waals surface area contributed by atoms with Crippen LogP contribution in [0.25, 0.3) is 22.1 Å². The van der Waals surface area contributed by atoms with Crippen molar-refractivity contribution in [1.29, 1.82) is 0 Å². The van der Waals surface area contributed by atoms with Gasteiger partial charge in [-0.2, -0.15) is 0 Å².